The molecule has 1 aromatic heterocycles. The van der Waals surface area contributed by atoms with E-state index in [1.165, 1.54) is 19.3 Å². The molecular weight excluding hydrogens is 440 g/mol. The van der Waals surface area contributed by atoms with Crippen molar-refractivity contribution < 1.29 is 18.7 Å². The minimum atomic E-state index is -2.84. The lowest BCUT2D eigenvalue weighted by Crippen LogP contribution is -2.53. The maximum atomic E-state index is 12.2. The Kier molecular flexibility index (Phi) is 6.43. The van der Waals surface area contributed by atoms with E-state index in [1.807, 2.05) is 19.1 Å². The summed E-state index contributed by atoms with van der Waals surface area (Å²) in [5.41, 5.74) is -0.736. The minimum Gasteiger partial charge on any atom is -0.755 e. The molecule has 10 heteroatoms. The molecule has 2 aromatic carbocycles. The number of carbonyl (C=O) groups excluding carboxylic acids is 1. The standard InChI is InChI=1S/C21H25ClN4O4S/c1-5-21(20(2,3)28,14-9-11-15(22)12-10-14)26-18-8-6-7-17(16(18)13-24-26)25(31(29)30)19(27)23-4/h6-13,28H,5H2,1-4H3,(H,23,27)(H,29,30)/p-1. The Morgan fingerprint density at radius 3 is 2.45 bits per heavy atom. The zero-order valence-corrected chi connectivity index (χ0v) is 19.2. The number of rotatable bonds is 6. The fraction of sp³-hybridized carbons (Fsp3) is 0.333. The second-order valence-corrected chi connectivity index (χ2v) is 8.85. The van der Waals surface area contributed by atoms with Gasteiger partial charge in [-0.15, -0.1) is 0 Å². The van der Waals surface area contributed by atoms with E-state index in [2.05, 4.69) is 10.4 Å². The van der Waals surface area contributed by atoms with Gasteiger partial charge in [0.1, 0.15) is 5.54 Å². The van der Waals surface area contributed by atoms with Gasteiger partial charge < -0.3 is 15.0 Å². The van der Waals surface area contributed by atoms with Crippen LogP contribution in [-0.2, 0) is 16.8 Å². The first kappa shape index (κ1) is 23.2. The first-order valence-corrected chi connectivity index (χ1v) is 11.1. The Morgan fingerprint density at radius 2 is 1.94 bits per heavy atom. The average Bonchev–Trinajstić information content (AvgIpc) is 3.14. The third-order valence-corrected chi connectivity index (χ3v) is 6.48. The lowest BCUT2D eigenvalue weighted by atomic mass is 9.74. The molecule has 0 radical (unpaired) electrons. The lowest BCUT2D eigenvalue weighted by molar-refractivity contribution is -0.0297. The summed E-state index contributed by atoms with van der Waals surface area (Å²) < 4.78 is 25.9. The number of urea groups is 1. The summed E-state index contributed by atoms with van der Waals surface area (Å²) in [7, 11) is 1.35. The van der Waals surface area contributed by atoms with Crippen molar-refractivity contribution >= 4 is 45.5 Å². The van der Waals surface area contributed by atoms with Gasteiger partial charge in [-0.25, -0.2) is 9.10 Å². The van der Waals surface area contributed by atoms with E-state index in [0.29, 0.717) is 26.7 Å². The van der Waals surface area contributed by atoms with Gasteiger partial charge in [0.25, 0.3) is 0 Å². The summed E-state index contributed by atoms with van der Waals surface area (Å²) in [6.07, 6.45) is 1.98. The molecule has 0 bridgehead atoms. The number of aliphatic hydroxyl groups is 1. The third-order valence-electron chi connectivity index (χ3n) is 5.56. The predicted molar refractivity (Wildman–Crippen MR) is 121 cm³/mol. The molecule has 3 rings (SSSR count). The molecule has 3 aromatic rings. The van der Waals surface area contributed by atoms with Crippen molar-refractivity contribution in [2.75, 3.05) is 11.4 Å². The number of nitrogens with zero attached hydrogens (tertiary/aromatic N) is 3. The van der Waals surface area contributed by atoms with Crippen LogP contribution in [0, 0.1) is 0 Å². The van der Waals surface area contributed by atoms with Crippen molar-refractivity contribution in [2.24, 2.45) is 0 Å². The molecule has 2 unspecified atom stereocenters. The SMILES string of the molecule is CCC(c1ccc(Cl)cc1)(n1ncc2c(N(C(=O)NC)S(=O)[O-])cccc21)C(C)(C)O. The molecule has 2 atom stereocenters. The Balaban J connectivity index is 2.34. The highest BCUT2D eigenvalue weighted by molar-refractivity contribution is 7.81. The molecule has 0 saturated heterocycles. The van der Waals surface area contributed by atoms with Crippen molar-refractivity contribution in [2.45, 2.75) is 38.3 Å². The number of benzene rings is 2. The molecule has 0 aliphatic heterocycles. The molecule has 0 saturated carbocycles. The maximum absolute atomic E-state index is 12.2. The number of hydrogen-bond acceptors (Lipinski definition) is 5. The number of anilines is 1. The highest BCUT2D eigenvalue weighted by Gasteiger charge is 2.47. The predicted octanol–water partition coefficient (Wildman–Crippen LogP) is 3.55. The Labute approximate surface area is 188 Å². The van der Waals surface area contributed by atoms with Crippen LogP contribution in [0.4, 0.5) is 10.5 Å². The quantitative estimate of drug-likeness (QED) is 0.543. The molecule has 166 valence electrons. The highest BCUT2D eigenvalue weighted by atomic mass is 35.5. The first-order chi connectivity index (χ1) is 14.6. The number of halogens is 1. The average molecular weight is 464 g/mol. The van der Waals surface area contributed by atoms with Crippen molar-refractivity contribution in [3.8, 4) is 0 Å². The van der Waals surface area contributed by atoms with Gasteiger partial charge in [-0.1, -0.05) is 36.7 Å². The zero-order chi connectivity index (χ0) is 23.0. The topological polar surface area (TPSA) is 111 Å². The number of amides is 2. The van der Waals surface area contributed by atoms with Gasteiger partial charge in [0.05, 0.1) is 34.3 Å². The largest absolute Gasteiger partial charge is 0.755 e. The van der Waals surface area contributed by atoms with Crippen LogP contribution in [0.2, 0.25) is 5.02 Å². The van der Waals surface area contributed by atoms with Gasteiger partial charge in [0.2, 0.25) is 0 Å². The van der Waals surface area contributed by atoms with Crippen molar-refractivity contribution in [3.05, 3.63) is 59.2 Å². The van der Waals surface area contributed by atoms with Gasteiger partial charge in [0.15, 0.2) is 0 Å². The van der Waals surface area contributed by atoms with Gasteiger partial charge in [-0.2, -0.15) is 5.10 Å². The monoisotopic (exact) mass is 463 g/mol. The molecule has 0 fully saturated rings. The van der Waals surface area contributed by atoms with E-state index >= 15 is 0 Å². The van der Waals surface area contributed by atoms with Crippen LogP contribution < -0.4 is 9.62 Å². The molecule has 2 N–H and O–H groups in total. The molecule has 2 amide bonds. The van der Waals surface area contributed by atoms with Crippen LogP contribution >= 0.6 is 11.6 Å². The van der Waals surface area contributed by atoms with Crippen molar-refractivity contribution in [1.29, 1.82) is 0 Å². The van der Waals surface area contributed by atoms with Crippen LogP contribution in [0.25, 0.3) is 10.9 Å². The number of hydrogen-bond donors (Lipinski definition) is 2. The number of fused-ring (bicyclic) bond motifs is 1. The van der Waals surface area contributed by atoms with E-state index in [9.17, 15) is 18.7 Å². The summed E-state index contributed by atoms with van der Waals surface area (Å²) in [5.74, 6) is 0. The van der Waals surface area contributed by atoms with E-state index in [4.69, 9.17) is 11.6 Å². The Hall–Kier alpha value is -2.46. The maximum Gasteiger partial charge on any atom is 0.332 e. The lowest BCUT2D eigenvalue weighted by Gasteiger charge is -2.44. The molecule has 0 spiro atoms. The van der Waals surface area contributed by atoms with Crippen molar-refractivity contribution in [3.63, 3.8) is 0 Å². The van der Waals surface area contributed by atoms with E-state index < -0.39 is 28.4 Å². The summed E-state index contributed by atoms with van der Waals surface area (Å²) in [6, 6.07) is 11.3. The van der Waals surface area contributed by atoms with Gasteiger partial charge >= 0.3 is 6.03 Å². The Morgan fingerprint density at radius 1 is 1.29 bits per heavy atom. The van der Waals surface area contributed by atoms with Crippen LogP contribution in [0.3, 0.4) is 0 Å². The second kappa shape index (κ2) is 8.58. The number of nitrogens with one attached hydrogen (secondary N) is 1. The van der Waals surface area contributed by atoms with Gasteiger partial charge in [-0.05, 0) is 50.1 Å². The molecular formula is C21H24ClN4O4S-. The Bertz CT molecular complexity index is 1130. The molecule has 0 aliphatic rings. The van der Waals surface area contributed by atoms with E-state index in [0.717, 1.165) is 5.56 Å². The van der Waals surface area contributed by atoms with Crippen molar-refractivity contribution in [1.82, 2.24) is 15.1 Å². The van der Waals surface area contributed by atoms with Crippen LogP contribution in [0.15, 0.2) is 48.7 Å². The van der Waals surface area contributed by atoms with Gasteiger partial charge in [0, 0.05) is 17.5 Å². The number of carbonyl (C=O) groups is 1. The minimum absolute atomic E-state index is 0.160. The van der Waals surface area contributed by atoms with E-state index in [1.54, 1.807) is 42.8 Å². The summed E-state index contributed by atoms with van der Waals surface area (Å²) in [5, 5.41) is 19.2. The summed E-state index contributed by atoms with van der Waals surface area (Å²) >= 11 is 3.24. The van der Waals surface area contributed by atoms with Crippen LogP contribution in [0.5, 0.6) is 0 Å². The zero-order valence-electron chi connectivity index (χ0n) is 17.6. The second-order valence-electron chi connectivity index (χ2n) is 7.61. The summed E-state index contributed by atoms with van der Waals surface area (Å²) in [6.45, 7) is 5.34. The van der Waals surface area contributed by atoms with Crippen LogP contribution in [-0.4, -0.2) is 42.3 Å². The smallest absolute Gasteiger partial charge is 0.332 e. The fourth-order valence-corrected chi connectivity index (χ4v) is 4.80. The molecule has 1 heterocycles. The molecule has 0 aliphatic carbocycles. The van der Waals surface area contributed by atoms with Gasteiger partial charge in [-0.3, -0.25) is 8.89 Å². The molecule has 31 heavy (non-hydrogen) atoms. The number of aromatic nitrogens is 2. The normalized spacial score (nSPS) is 14.8. The first-order valence-electron chi connectivity index (χ1n) is 9.65. The highest BCUT2D eigenvalue weighted by Crippen LogP contribution is 2.43. The van der Waals surface area contributed by atoms with Crippen LogP contribution in [0.1, 0.15) is 32.8 Å². The van der Waals surface area contributed by atoms with E-state index in [-0.39, 0.29) is 5.69 Å². The summed E-state index contributed by atoms with van der Waals surface area (Å²) in [4.78, 5) is 12.2. The fourth-order valence-electron chi connectivity index (χ4n) is 4.12. The third kappa shape index (κ3) is 3.82. The molecule has 8 nitrogen and oxygen atoms in total.